The van der Waals surface area contributed by atoms with Gasteiger partial charge >= 0.3 is 5.97 Å². The van der Waals surface area contributed by atoms with Gasteiger partial charge in [0.2, 0.25) is 0 Å². The second-order valence-corrected chi connectivity index (χ2v) is 8.10. The summed E-state index contributed by atoms with van der Waals surface area (Å²) in [5, 5.41) is 0.463. The number of nitrogens with zero attached hydrogens (tertiary/aromatic N) is 2. The van der Waals surface area contributed by atoms with E-state index in [1.807, 2.05) is 60.7 Å². The van der Waals surface area contributed by atoms with Gasteiger partial charge in [0.05, 0.1) is 6.61 Å². The van der Waals surface area contributed by atoms with E-state index in [9.17, 15) is 9.59 Å². The lowest BCUT2D eigenvalue weighted by Gasteiger charge is -2.24. The average molecular weight is 439 g/mol. The van der Waals surface area contributed by atoms with E-state index in [-0.39, 0.29) is 18.2 Å². The fourth-order valence-corrected chi connectivity index (χ4v) is 3.97. The van der Waals surface area contributed by atoms with Crippen molar-refractivity contribution in [3.8, 4) is 5.75 Å². The molecule has 6 nitrogen and oxygen atoms in total. The van der Waals surface area contributed by atoms with Crippen molar-refractivity contribution in [3.63, 3.8) is 0 Å². The number of carbonyl (C=O) groups excluding carboxylic acids is 2. The van der Waals surface area contributed by atoms with E-state index >= 15 is 0 Å². The fourth-order valence-electron chi connectivity index (χ4n) is 3.05. The predicted octanol–water partition coefficient (Wildman–Crippen LogP) is 4.67. The molecule has 0 aliphatic heterocycles. The van der Waals surface area contributed by atoms with Gasteiger partial charge in [-0.1, -0.05) is 48.5 Å². The van der Waals surface area contributed by atoms with Crippen LogP contribution in [0.4, 0.5) is 5.13 Å². The van der Waals surface area contributed by atoms with Crippen LogP contribution in [0.25, 0.3) is 0 Å². The normalized spacial score (nSPS) is 11.6. The van der Waals surface area contributed by atoms with Crippen LogP contribution in [0.2, 0.25) is 0 Å². The number of esters is 1. The lowest BCUT2D eigenvalue weighted by atomic mass is 10.1. The zero-order valence-electron chi connectivity index (χ0n) is 17.9. The Bertz CT molecular complexity index is 1000. The number of rotatable bonds is 9. The van der Waals surface area contributed by atoms with Crippen LogP contribution in [-0.4, -0.2) is 36.1 Å². The SMILES string of the molecule is CCOC(=O)c1nc(N(CCc2ccccc2)C(=O)C(C)Oc2ccccc2)sc1C. The van der Waals surface area contributed by atoms with Gasteiger partial charge in [-0.05, 0) is 44.9 Å². The molecule has 1 amide bonds. The van der Waals surface area contributed by atoms with E-state index in [2.05, 4.69) is 4.98 Å². The molecule has 0 radical (unpaired) electrons. The van der Waals surface area contributed by atoms with Crippen LogP contribution in [0, 0.1) is 6.92 Å². The minimum Gasteiger partial charge on any atom is -0.481 e. The molecule has 0 aliphatic rings. The number of carbonyl (C=O) groups is 2. The van der Waals surface area contributed by atoms with Gasteiger partial charge in [0, 0.05) is 11.4 Å². The van der Waals surface area contributed by atoms with Crippen molar-refractivity contribution in [3.05, 3.63) is 76.8 Å². The summed E-state index contributed by atoms with van der Waals surface area (Å²) in [6, 6.07) is 19.1. The summed E-state index contributed by atoms with van der Waals surface area (Å²) in [4.78, 5) is 32.3. The third-order valence-electron chi connectivity index (χ3n) is 4.62. The Kier molecular flexibility index (Phi) is 7.78. The van der Waals surface area contributed by atoms with Crippen LogP contribution >= 0.6 is 11.3 Å². The van der Waals surface area contributed by atoms with E-state index in [0.29, 0.717) is 28.7 Å². The maximum Gasteiger partial charge on any atom is 0.358 e. The first-order valence-electron chi connectivity index (χ1n) is 10.2. The van der Waals surface area contributed by atoms with Crippen molar-refractivity contribution in [1.82, 2.24) is 4.98 Å². The molecule has 7 heteroatoms. The Hall–Kier alpha value is -3.19. The first-order valence-corrected chi connectivity index (χ1v) is 11.0. The zero-order valence-corrected chi connectivity index (χ0v) is 18.7. The molecule has 0 aliphatic carbocycles. The number of thiazole rings is 1. The van der Waals surface area contributed by atoms with E-state index in [1.165, 1.54) is 11.3 Å². The third-order valence-corrected chi connectivity index (χ3v) is 5.62. The van der Waals surface area contributed by atoms with Crippen LogP contribution in [-0.2, 0) is 16.0 Å². The second-order valence-electron chi connectivity index (χ2n) is 6.92. The number of amides is 1. The molecule has 3 rings (SSSR count). The van der Waals surface area contributed by atoms with Gasteiger partial charge in [-0.3, -0.25) is 9.69 Å². The standard InChI is InChI=1S/C24H26N2O4S/c1-4-29-23(28)21-18(3)31-24(25-21)26(16-15-19-11-7-5-8-12-19)22(27)17(2)30-20-13-9-6-10-14-20/h5-14,17H,4,15-16H2,1-3H3. The number of anilines is 1. The molecule has 1 heterocycles. The van der Waals surface area contributed by atoms with Crippen molar-refractivity contribution in [2.75, 3.05) is 18.1 Å². The minimum atomic E-state index is -0.714. The van der Waals surface area contributed by atoms with Gasteiger partial charge < -0.3 is 9.47 Å². The summed E-state index contributed by atoms with van der Waals surface area (Å²) in [7, 11) is 0. The van der Waals surface area contributed by atoms with Crippen LogP contribution in [0.3, 0.4) is 0 Å². The van der Waals surface area contributed by atoms with E-state index in [4.69, 9.17) is 9.47 Å². The zero-order chi connectivity index (χ0) is 22.2. The smallest absolute Gasteiger partial charge is 0.358 e. The molecule has 0 saturated carbocycles. The molecule has 2 aromatic carbocycles. The fraction of sp³-hybridized carbons (Fsp3) is 0.292. The number of ether oxygens (including phenoxy) is 2. The Balaban J connectivity index is 1.84. The molecule has 0 bridgehead atoms. The van der Waals surface area contributed by atoms with Gasteiger partial charge in [0.1, 0.15) is 5.75 Å². The molecule has 0 saturated heterocycles. The number of para-hydroxylation sites is 1. The summed E-state index contributed by atoms with van der Waals surface area (Å²) in [6.07, 6.45) is -0.0636. The highest BCUT2D eigenvalue weighted by Crippen LogP contribution is 2.28. The highest BCUT2D eigenvalue weighted by atomic mass is 32.1. The van der Waals surface area contributed by atoms with Gasteiger partial charge in [0.25, 0.3) is 5.91 Å². The molecular weight excluding hydrogens is 412 g/mol. The van der Waals surface area contributed by atoms with E-state index < -0.39 is 12.1 Å². The highest BCUT2D eigenvalue weighted by molar-refractivity contribution is 7.16. The number of benzene rings is 2. The Morgan fingerprint density at radius 1 is 1.06 bits per heavy atom. The molecule has 1 unspecified atom stereocenters. The van der Waals surface area contributed by atoms with Crippen molar-refractivity contribution < 1.29 is 19.1 Å². The maximum atomic E-state index is 13.3. The van der Waals surface area contributed by atoms with Gasteiger partial charge in [0.15, 0.2) is 16.9 Å². The van der Waals surface area contributed by atoms with Crippen molar-refractivity contribution in [1.29, 1.82) is 0 Å². The van der Waals surface area contributed by atoms with Gasteiger partial charge in [-0.25, -0.2) is 9.78 Å². The van der Waals surface area contributed by atoms with Crippen molar-refractivity contribution >= 4 is 28.3 Å². The third kappa shape index (κ3) is 5.92. The Labute approximate surface area is 186 Å². The Morgan fingerprint density at radius 2 is 1.71 bits per heavy atom. The molecule has 1 atom stereocenters. The van der Waals surface area contributed by atoms with Gasteiger partial charge in [-0.15, -0.1) is 11.3 Å². The van der Waals surface area contributed by atoms with Crippen molar-refractivity contribution in [2.45, 2.75) is 33.3 Å². The van der Waals surface area contributed by atoms with Gasteiger partial charge in [-0.2, -0.15) is 0 Å². The topological polar surface area (TPSA) is 68.7 Å². The quantitative estimate of drug-likeness (QED) is 0.454. The first kappa shape index (κ1) is 22.5. The maximum absolute atomic E-state index is 13.3. The summed E-state index contributed by atoms with van der Waals surface area (Å²) in [6.45, 7) is 5.96. The van der Waals surface area contributed by atoms with E-state index in [1.54, 1.807) is 25.7 Å². The van der Waals surface area contributed by atoms with Crippen LogP contribution < -0.4 is 9.64 Å². The predicted molar refractivity (Wildman–Crippen MR) is 122 cm³/mol. The number of aromatic nitrogens is 1. The summed E-state index contributed by atoms with van der Waals surface area (Å²) >= 11 is 1.30. The van der Waals surface area contributed by atoms with Crippen LogP contribution in [0.5, 0.6) is 5.75 Å². The van der Waals surface area contributed by atoms with E-state index in [0.717, 1.165) is 5.56 Å². The second kappa shape index (κ2) is 10.7. The van der Waals surface area contributed by atoms with Crippen LogP contribution in [0.15, 0.2) is 60.7 Å². The number of aryl methyl sites for hydroxylation is 1. The molecule has 162 valence electrons. The molecule has 1 aromatic heterocycles. The summed E-state index contributed by atoms with van der Waals surface area (Å²) in [5.74, 6) is -0.0793. The molecule has 0 fully saturated rings. The summed E-state index contributed by atoms with van der Waals surface area (Å²) in [5.41, 5.74) is 1.35. The molecule has 3 aromatic rings. The highest BCUT2D eigenvalue weighted by Gasteiger charge is 2.28. The monoisotopic (exact) mass is 438 g/mol. The summed E-state index contributed by atoms with van der Waals surface area (Å²) < 4.78 is 10.9. The van der Waals surface area contributed by atoms with Crippen molar-refractivity contribution in [2.24, 2.45) is 0 Å². The van der Waals surface area contributed by atoms with Crippen LogP contribution in [0.1, 0.15) is 34.8 Å². The molecular formula is C24H26N2O4S. The number of hydrogen-bond donors (Lipinski definition) is 0. The molecule has 31 heavy (non-hydrogen) atoms. The lowest BCUT2D eigenvalue weighted by Crippen LogP contribution is -2.41. The number of hydrogen-bond acceptors (Lipinski definition) is 6. The molecule has 0 spiro atoms. The minimum absolute atomic E-state index is 0.219. The molecule has 0 N–H and O–H groups in total. The largest absolute Gasteiger partial charge is 0.481 e. The lowest BCUT2D eigenvalue weighted by molar-refractivity contribution is -0.124. The average Bonchev–Trinajstić information content (AvgIpc) is 3.16. The Morgan fingerprint density at radius 3 is 2.35 bits per heavy atom. The first-order chi connectivity index (χ1) is 15.0.